The number of rotatable bonds is 8. The normalized spacial score (nSPS) is 21.1. The lowest BCUT2D eigenvalue weighted by Crippen LogP contribution is -2.40. The van der Waals surface area contributed by atoms with E-state index in [1.54, 1.807) is 22.5 Å². The van der Waals surface area contributed by atoms with Crippen LogP contribution in [-0.4, -0.2) is 69.3 Å². The van der Waals surface area contributed by atoms with Gasteiger partial charge in [-0.1, -0.05) is 43.8 Å². The molecule has 10 heteroatoms. The van der Waals surface area contributed by atoms with E-state index in [0.29, 0.717) is 17.4 Å². The first-order valence-corrected chi connectivity index (χ1v) is 16.4. The predicted octanol–water partition coefficient (Wildman–Crippen LogP) is 5.13. The van der Waals surface area contributed by atoms with E-state index in [2.05, 4.69) is 70.9 Å². The van der Waals surface area contributed by atoms with E-state index < -0.39 is 18.4 Å². The summed E-state index contributed by atoms with van der Waals surface area (Å²) in [7, 11) is 1.84. The minimum absolute atomic E-state index is 0.0753. The molecule has 1 N–H and O–H groups in total. The number of carbonyl (C=O) groups is 1. The number of hydrogen-bond donors (Lipinski definition) is 1. The first-order chi connectivity index (χ1) is 21.6. The number of thiazole rings is 1. The Morgan fingerprint density at radius 1 is 1.22 bits per heavy atom. The molecule has 45 heavy (non-hydrogen) atoms. The van der Waals surface area contributed by atoms with Gasteiger partial charge in [-0.3, -0.25) is 10.1 Å². The van der Waals surface area contributed by atoms with E-state index >= 15 is 0 Å². The summed E-state index contributed by atoms with van der Waals surface area (Å²) in [4.78, 5) is 26.5. The Balaban J connectivity index is 1.31. The number of amides is 1. The van der Waals surface area contributed by atoms with Crippen LogP contribution in [-0.2, 0) is 17.8 Å². The zero-order valence-corrected chi connectivity index (χ0v) is 27.1. The van der Waals surface area contributed by atoms with Crippen molar-refractivity contribution in [1.82, 2.24) is 24.3 Å². The zero-order valence-electron chi connectivity index (χ0n) is 26.3. The first-order valence-electron chi connectivity index (χ1n) is 15.5. The van der Waals surface area contributed by atoms with Gasteiger partial charge in [0.1, 0.15) is 12.3 Å². The maximum absolute atomic E-state index is 15.0. The van der Waals surface area contributed by atoms with Gasteiger partial charge in [-0.25, -0.2) is 18.7 Å². The lowest BCUT2D eigenvalue weighted by molar-refractivity contribution is -0.120. The average molecular weight is 631 g/mol. The number of aromatic nitrogens is 3. The quantitative estimate of drug-likeness (QED) is 0.293. The first kappa shape index (κ1) is 31.1. The van der Waals surface area contributed by atoms with Gasteiger partial charge >= 0.3 is 0 Å². The smallest absolute Gasteiger partial charge is 0.255 e. The second kappa shape index (κ2) is 12.8. The summed E-state index contributed by atoms with van der Waals surface area (Å²) in [6.07, 6.45) is 4.38. The van der Waals surface area contributed by atoms with E-state index in [-0.39, 0.29) is 24.8 Å². The molecule has 1 fully saturated rings. The van der Waals surface area contributed by atoms with Crippen molar-refractivity contribution in [1.29, 1.82) is 0 Å². The number of nitrogens with one attached hydrogen (secondary N) is 1. The van der Waals surface area contributed by atoms with Crippen LogP contribution < -0.4 is 15.8 Å². The fourth-order valence-electron chi connectivity index (χ4n) is 6.78. The third-order valence-electron chi connectivity index (χ3n) is 9.39. The number of anilines is 1. The molecule has 2 aliphatic rings. The van der Waals surface area contributed by atoms with Crippen LogP contribution in [0.15, 0.2) is 48.2 Å². The molecule has 0 spiro atoms. The molecule has 0 bridgehead atoms. The summed E-state index contributed by atoms with van der Waals surface area (Å²) >= 11 is 1.34. The second-order valence-electron chi connectivity index (χ2n) is 12.2. The molecule has 2 aromatic carbocycles. The molecule has 0 aliphatic carbocycles. The average Bonchev–Trinajstić information content (AvgIpc) is 3.76. The third-order valence-corrected chi connectivity index (χ3v) is 10.1. The highest BCUT2D eigenvalue weighted by Crippen LogP contribution is 2.33. The number of alkyl halides is 2. The highest BCUT2D eigenvalue weighted by Gasteiger charge is 2.34. The summed E-state index contributed by atoms with van der Waals surface area (Å²) in [6, 6.07) is 9.64. The van der Waals surface area contributed by atoms with Crippen molar-refractivity contribution >= 4 is 35.2 Å². The molecule has 4 atom stereocenters. The van der Waals surface area contributed by atoms with Crippen LogP contribution in [0.1, 0.15) is 53.4 Å². The maximum atomic E-state index is 15.0. The molecule has 0 radical (unpaired) electrons. The number of halogens is 2. The molecule has 7 nitrogen and oxygen atoms in total. The predicted molar refractivity (Wildman–Crippen MR) is 177 cm³/mol. The number of benzene rings is 2. The Morgan fingerprint density at radius 3 is 2.69 bits per heavy atom. The Kier molecular flexibility index (Phi) is 8.88. The van der Waals surface area contributed by atoms with Gasteiger partial charge in [0.05, 0.1) is 18.6 Å². The topological polar surface area (TPSA) is 66.3 Å². The standard InChI is InChI=1S/C35H40F2N6OS/c1-6-42-13-11-27(30(37)19-42)24-7-9-25(10-8-24)28-15-21(2)29(23(4)22(28)3)18-41(5)33(34(44)40-35-38-12-14-45-35)32-31-16-26(36)17-43(31)20-39-32/h7-10,12,14-15,18,20,26-27,30,33H,4,6,11,13,16-17,19H2,1-3,5H3,(H,38,40,44)/b29-18-/t26-,27-,30+,33?/m1/s1. The van der Waals surface area contributed by atoms with E-state index in [4.69, 9.17) is 0 Å². The van der Waals surface area contributed by atoms with Crippen LogP contribution in [0.4, 0.5) is 13.9 Å². The molecular weight excluding hydrogens is 590 g/mol. The minimum Gasteiger partial charge on any atom is -0.363 e. The summed E-state index contributed by atoms with van der Waals surface area (Å²) < 4.78 is 31.1. The second-order valence-corrected chi connectivity index (χ2v) is 13.1. The van der Waals surface area contributed by atoms with Crippen molar-refractivity contribution in [3.8, 4) is 11.1 Å². The van der Waals surface area contributed by atoms with E-state index in [1.165, 1.54) is 11.3 Å². The lowest BCUT2D eigenvalue weighted by Gasteiger charge is -2.34. The number of piperidine rings is 1. The van der Waals surface area contributed by atoms with Crippen LogP contribution in [0.25, 0.3) is 23.9 Å². The number of carbonyl (C=O) groups excluding carboxylic acids is 1. The van der Waals surface area contributed by atoms with Gasteiger partial charge in [-0.15, -0.1) is 11.3 Å². The van der Waals surface area contributed by atoms with Crippen molar-refractivity contribution in [2.45, 2.75) is 64.5 Å². The van der Waals surface area contributed by atoms with Gasteiger partial charge in [-0.2, -0.15) is 0 Å². The largest absolute Gasteiger partial charge is 0.363 e. The highest BCUT2D eigenvalue weighted by atomic mass is 32.1. The number of aryl methyl sites for hydroxylation is 1. The Bertz CT molecular complexity index is 1790. The maximum Gasteiger partial charge on any atom is 0.255 e. The van der Waals surface area contributed by atoms with Crippen molar-refractivity contribution < 1.29 is 13.6 Å². The lowest BCUT2D eigenvalue weighted by atomic mass is 9.86. The summed E-state index contributed by atoms with van der Waals surface area (Å²) in [5.74, 6) is -0.367. The molecular formula is C35H40F2N6OS. The summed E-state index contributed by atoms with van der Waals surface area (Å²) in [5, 5.41) is 6.96. The number of likely N-dealkylation sites (N-methyl/N-ethyl adjacent to an activating group) is 1. The van der Waals surface area contributed by atoms with E-state index in [1.807, 2.05) is 25.1 Å². The Hall–Kier alpha value is -3.89. The molecule has 4 heterocycles. The summed E-state index contributed by atoms with van der Waals surface area (Å²) in [5.41, 5.74) is 6.48. The van der Waals surface area contributed by atoms with Gasteiger partial charge < -0.3 is 14.4 Å². The molecule has 1 saturated heterocycles. The van der Waals surface area contributed by atoms with Crippen LogP contribution in [0.5, 0.6) is 0 Å². The molecule has 1 amide bonds. The fraction of sp³-hybridized carbons (Fsp3) is 0.400. The van der Waals surface area contributed by atoms with Crippen molar-refractivity contribution in [2.75, 3.05) is 32.0 Å². The van der Waals surface area contributed by atoms with Crippen LogP contribution in [0.2, 0.25) is 0 Å². The van der Waals surface area contributed by atoms with Gasteiger partial charge in [0, 0.05) is 54.6 Å². The number of fused-ring (bicyclic) bond motifs is 1. The van der Waals surface area contributed by atoms with Crippen LogP contribution in [0.3, 0.4) is 0 Å². The van der Waals surface area contributed by atoms with Crippen LogP contribution in [0, 0.1) is 13.8 Å². The molecule has 1 unspecified atom stereocenters. The Labute approximate surface area is 266 Å². The van der Waals surface area contributed by atoms with Crippen molar-refractivity contribution in [3.63, 3.8) is 0 Å². The molecule has 2 aromatic heterocycles. The third kappa shape index (κ3) is 6.18. The number of nitrogens with zero attached hydrogens (tertiary/aromatic N) is 5. The molecule has 4 aromatic rings. The van der Waals surface area contributed by atoms with Gasteiger partial charge in [0.15, 0.2) is 11.2 Å². The van der Waals surface area contributed by atoms with Gasteiger partial charge in [-0.05, 0) is 66.4 Å². The fourth-order valence-corrected chi connectivity index (χ4v) is 7.31. The highest BCUT2D eigenvalue weighted by molar-refractivity contribution is 7.13. The summed E-state index contributed by atoms with van der Waals surface area (Å²) in [6.45, 7) is 13.1. The number of imidazole rings is 1. The SMILES string of the molecule is C=c1c(C)c(-c2ccc([C@H]3CCN(CC)C[C@@H]3F)cc2)cc(C)/c1=C/N(C)C(C(=O)Nc1nccs1)c1ncn2c1C[C@@H](F)C2. The molecule has 6 rings (SSSR count). The molecule has 2 aliphatic heterocycles. The number of likely N-dealkylation sites (tertiary alicyclic amines) is 1. The van der Waals surface area contributed by atoms with Crippen molar-refractivity contribution in [2.24, 2.45) is 0 Å². The zero-order chi connectivity index (χ0) is 31.8. The molecule has 0 saturated carbocycles. The minimum atomic E-state index is -0.996. The van der Waals surface area contributed by atoms with E-state index in [0.717, 1.165) is 63.5 Å². The molecule has 236 valence electrons. The van der Waals surface area contributed by atoms with Gasteiger partial charge in [0.25, 0.3) is 5.91 Å². The monoisotopic (exact) mass is 630 g/mol. The van der Waals surface area contributed by atoms with E-state index in [9.17, 15) is 13.6 Å². The van der Waals surface area contributed by atoms with Crippen molar-refractivity contribution in [3.05, 3.63) is 86.8 Å². The van der Waals surface area contributed by atoms with Crippen LogP contribution >= 0.6 is 11.3 Å². The van der Waals surface area contributed by atoms with Gasteiger partial charge in [0.2, 0.25) is 0 Å². The Morgan fingerprint density at radius 2 is 2.00 bits per heavy atom. The number of hydrogen-bond acceptors (Lipinski definition) is 6.